The zero-order chi connectivity index (χ0) is 9.03. The van der Waals surface area contributed by atoms with E-state index in [1.165, 1.54) is 24.8 Å². The molecule has 0 aliphatic heterocycles. The Morgan fingerprint density at radius 2 is 1.92 bits per heavy atom. The number of rotatable bonds is 3. The number of hydrogen-bond donors (Lipinski definition) is 1. The van der Waals surface area contributed by atoms with Crippen molar-refractivity contribution in [1.29, 1.82) is 0 Å². The van der Waals surface area contributed by atoms with E-state index in [1.807, 2.05) is 6.92 Å². The summed E-state index contributed by atoms with van der Waals surface area (Å²) in [7, 11) is 0. The minimum atomic E-state index is -0.350. The van der Waals surface area contributed by atoms with Crippen molar-refractivity contribution in [2.45, 2.75) is 57.5 Å². The summed E-state index contributed by atoms with van der Waals surface area (Å²) in [5.74, 6) is 0. The third-order valence-electron chi connectivity index (χ3n) is 2.80. The van der Waals surface area contributed by atoms with Crippen molar-refractivity contribution >= 4 is 0 Å². The van der Waals surface area contributed by atoms with Crippen LogP contribution >= 0.6 is 0 Å². The Balaban J connectivity index is 2.31. The van der Waals surface area contributed by atoms with Crippen LogP contribution in [0.4, 0.5) is 0 Å². The first-order chi connectivity index (χ1) is 5.62. The first-order valence-corrected chi connectivity index (χ1v) is 4.99. The second-order valence-corrected chi connectivity index (χ2v) is 4.24. The maximum atomic E-state index is 10.1. The van der Waals surface area contributed by atoms with Crippen LogP contribution in [-0.2, 0) is 0 Å². The van der Waals surface area contributed by atoms with Crippen molar-refractivity contribution in [3.05, 3.63) is 12.2 Å². The lowest BCUT2D eigenvalue weighted by molar-refractivity contribution is -0.00338. The van der Waals surface area contributed by atoms with Crippen LogP contribution in [0, 0.1) is 0 Å². The van der Waals surface area contributed by atoms with Gasteiger partial charge < -0.3 is 5.11 Å². The fourth-order valence-electron chi connectivity index (χ4n) is 1.91. The van der Waals surface area contributed by atoms with Gasteiger partial charge in [-0.15, -0.1) is 6.58 Å². The third-order valence-corrected chi connectivity index (χ3v) is 2.80. The second kappa shape index (κ2) is 4.08. The quantitative estimate of drug-likeness (QED) is 0.642. The molecule has 1 fully saturated rings. The molecule has 0 aromatic heterocycles. The molecule has 0 radical (unpaired) electrons. The number of aliphatic hydroxyl groups is 1. The third kappa shape index (κ3) is 2.98. The molecule has 1 nitrogen and oxygen atoms in total. The van der Waals surface area contributed by atoms with Gasteiger partial charge in [-0.1, -0.05) is 24.8 Å². The highest BCUT2D eigenvalue weighted by molar-refractivity contribution is 4.92. The minimum absolute atomic E-state index is 0.350. The van der Waals surface area contributed by atoms with E-state index in [4.69, 9.17) is 0 Å². The highest BCUT2D eigenvalue weighted by Gasteiger charge is 2.28. The molecule has 1 aliphatic rings. The van der Waals surface area contributed by atoms with Crippen LogP contribution in [0.1, 0.15) is 51.9 Å². The molecule has 0 amide bonds. The first-order valence-electron chi connectivity index (χ1n) is 4.99. The molecular formula is C11H20O. The highest BCUT2D eigenvalue weighted by atomic mass is 16.3. The van der Waals surface area contributed by atoms with Crippen LogP contribution in [-0.4, -0.2) is 10.7 Å². The largest absolute Gasteiger partial charge is 0.390 e. The Labute approximate surface area is 75.5 Å². The van der Waals surface area contributed by atoms with E-state index >= 15 is 0 Å². The molecule has 0 aromatic rings. The van der Waals surface area contributed by atoms with Gasteiger partial charge in [0.15, 0.2) is 0 Å². The number of hydrogen-bond acceptors (Lipinski definition) is 1. The van der Waals surface area contributed by atoms with Crippen molar-refractivity contribution in [2.24, 2.45) is 0 Å². The Morgan fingerprint density at radius 3 is 2.42 bits per heavy atom. The van der Waals surface area contributed by atoms with Crippen LogP contribution in [0.3, 0.4) is 0 Å². The summed E-state index contributed by atoms with van der Waals surface area (Å²) in [5.41, 5.74) is 0.839. The average molecular weight is 168 g/mol. The monoisotopic (exact) mass is 168 g/mol. The first kappa shape index (κ1) is 9.79. The highest BCUT2D eigenvalue weighted by Crippen LogP contribution is 2.32. The van der Waals surface area contributed by atoms with Gasteiger partial charge in [0.25, 0.3) is 0 Å². The van der Waals surface area contributed by atoms with Crippen molar-refractivity contribution < 1.29 is 5.11 Å². The SMILES string of the molecule is C=C(C)CCC1(O)CCCCC1. The maximum Gasteiger partial charge on any atom is 0.0650 e. The summed E-state index contributed by atoms with van der Waals surface area (Å²) in [6.45, 7) is 5.89. The predicted octanol–water partition coefficient (Wildman–Crippen LogP) is 3.04. The van der Waals surface area contributed by atoms with E-state index in [0.29, 0.717) is 0 Å². The van der Waals surface area contributed by atoms with Gasteiger partial charge in [0.1, 0.15) is 0 Å². The van der Waals surface area contributed by atoms with E-state index in [-0.39, 0.29) is 5.60 Å². The van der Waals surface area contributed by atoms with Gasteiger partial charge in [-0.2, -0.15) is 0 Å². The number of allylic oxidation sites excluding steroid dienone is 1. The summed E-state index contributed by atoms with van der Waals surface area (Å²) in [5, 5.41) is 10.1. The lowest BCUT2D eigenvalue weighted by atomic mass is 9.81. The molecule has 0 unspecified atom stereocenters. The van der Waals surface area contributed by atoms with Crippen LogP contribution in [0.25, 0.3) is 0 Å². The van der Waals surface area contributed by atoms with Crippen molar-refractivity contribution in [1.82, 2.24) is 0 Å². The molecule has 0 spiro atoms. The van der Waals surface area contributed by atoms with Gasteiger partial charge in [-0.25, -0.2) is 0 Å². The van der Waals surface area contributed by atoms with Gasteiger partial charge in [0, 0.05) is 0 Å². The molecule has 1 aliphatic carbocycles. The minimum Gasteiger partial charge on any atom is -0.390 e. The lowest BCUT2D eigenvalue weighted by Crippen LogP contribution is -2.31. The smallest absolute Gasteiger partial charge is 0.0650 e. The standard InChI is InChI=1S/C11H20O/c1-10(2)6-9-11(12)7-4-3-5-8-11/h12H,1,3-9H2,2H3. The maximum absolute atomic E-state index is 10.1. The van der Waals surface area contributed by atoms with Gasteiger partial charge >= 0.3 is 0 Å². The van der Waals surface area contributed by atoms with Crippen LogP contribution in [0.5, 0.6) is 0 Å². The van der Waals surface area contributed by atoms with Crippen molar-refractivity contribution in [3.8, 4) is 0 Å². The lowest BCUT2D eigenvalue weighted by Gasteiger charge is -2.32. The molecular weight excluding hydrogens is 148 g/mol. The van der Waals surface area contributed by atoms with E-state index in [2.05, 4.69) is 6.58 Å². The molecule has 70 valence electrons. The average Bonchev–Trinajstić information content (AvgIpc) is 2.03. The molecule has 1 saturated carbocycles. The van der Waals surface area contributed by atoms with Gasteiger partial charge in [0.2, 0.25) is 0 Å². The second-order valence-electron chi connectivity index (χ2n) is 4.24. The van der Waals surface area contributed by atoms with Crippen molar-refractivity contribution in [2.75, 3.05) is 0 Å². The van der Waals surface area contributed by atoms with Gasteiger partial charge in [-0.3, -0.25) is 0 Å². The Morgan fingerprint density at radius 1 is 1.33 bits per heavy atom. The molecule has 0 atom stereocenters. The molecule has 0 saturated heterocycles. The van der Waals surface area contributed by atoms with E-state index < -0.39 is 0 Å². The summed E-state index contributed by atoms with van der Waals surface area (Å²) < 4.78 is 0. The van der Waals surface area contributed by atoms with Gasteiger partial charge in [-0.05, 0) is 32.6 Å². The topological polar surface area (TPSA) is 20.2 Å². The van der Waals surface area contributed by atoms with E-state index in [0.717, 1.165) is 25.7 Å². The summed E-state index contributed by atoms with van der Waals surface area (Å²) in [4.78, 5) is 0. The van der Waals surface area contributed by atoms with Crippen LogP contribution < -0.4 is 0 Å². The normalized spacial score (nSPS) is 22.2. The molecule has 0 heterocycles. The molecule has 0 aromatic carbocycles. The molecule has 1 rings (SSSR count). The van der Waals surface area contributed by atoms with E-state index in [9.17, 15) is 5.11 Å². The Kier molecular flexibility index (Phi) is 3.33. The summed E-state index contributed by atoms with van der Waals surface area (Å²) >= 11 is 0. The molecule has 0 bridgehead atoms. The Hall–Kier alpha value is -0.300. The molecule has 1 heteroatoms. The molecule has 12 heavy (non-hydrogen) atoms. The predicted molar refractivity (Wildman–Crippen MR) is 52.1 cm³/mol. The fourth-order valence-corrected chi connectivity index (χ4v) is 1.91. The molecule has 1 N–H and O–H groups in total. The summed E-state index contributed by atoms with van der Waals surface area (Å²) in [6.07, 6.45) is 7.61. The van der Waals surface area contributed by atoms with Crippen LogP contribution in [0.15, 0.2) is 12.2 Å². The van der Waals surface area contributed by atoms with Crippen LogP contribution in [0.2, 0.25) is 0 Å². The fraction of sp³-hybridized carbons (Fsp3) is 0.818. The van der Waals surface area contributed by atoms with Gasteiger partial charge in [0.05, 0.1) is 5.60 Å². The zero-order valence-corrected chi connectivity index (χ0v) is 8.10. The zero-order valence-electron chi connectivity index (χ0n) is 8.10. The van der Waals surface area contributed by atoms with E-state index in [1.54, 1.807) is 0 Å². The summed E-state index contributed by atoms with van der Waals surface area (Å²) in [6, 6.07) is 0. The Bertz CT molecular complexity index is 154. The van der Waals surface area contributed by atoms with Crippen molar-refractivity contribution in [3.63, 3.8) is 0 Å².